The van der Waals surface area contributed by atoms with Gasteiger partial charge in [-0.15, -0.1) is 0 Å². The van der Waals surface area contributed by atoms with Crippen molar-refractivity contribution in [1.29, 1.82) is 0 Å². The van der Waals surface area contributed by atoms with Crippen LogP contribution in [0.15, 0.2) is 54.6 Å². The smallest absolute Gasteiger partial charge is 0.337 e. The molecule has 3 aromatic rings. The number of benzene rings is 3. The summed E-state index contributed by atoms with van der Waals surface area (Å²) in [4.78, 5) is 24.7. The van der Waals surface area contributed by atoms with E-state index in [1.54, 1.807) is 37.3 Å². The van der Waals surface area contributed by atoms with E-state index in [-0.39, 0.29) is 32.6 Å². The largest absolute Gasteiger partial charge is 0.465 e. The summed E-state index contributed by atoms with van der Waals surface area (Å²) in [5.74, 6) is -1.37. The second-order valence-electron chi connectivity index (χ2n) is 6.29. The van der Waals surface area contributed by atoms with Crippen LogP contribution in [0.25, 0.3) is 0 Å². The topological polar surface area (TPSA) is 55.4 Å². The zero-order chi connectivity index (χ0) is 21.1. The Morgan fingerprint density at radius 2 is 1.72 bits per heavy atom. The van der Waals surface area contributed by atoms with Crippen LogP contribution in [0.5, 0.6) is 0 Å². The first-order valence-corrected chi connectivity index (χ1v) is 9.31. The molecule has 0 aliphatic heterocycles. The molecule has 0 amide bonds. The minimum absolute atomic E-state index is 0.192. The van der Waals surface area contributed by atoms with Gasteiger partial charge in [0, 0.05) is 21.8 Å². The molecular weight excluding hydrogens is 416 g/mol. The molecule has 0 unspecified atom stereocenters. The number of esters is 1. The second-order valence-corrected chi connectivity index (χ2v) is 7.14. The van der Waals surface area contributed by atoms with Gasteiger partial charge < -0.3 is 10.1 Å². The van der Waals surface area contributed by atoms with E-state index in [9.17, 15) is 14.0 Å². The third-order valence-corrected chi connectivity index (χ3v) is 4.87. The summed E-state index contributed by atoms with van der Waals surface area (Å²) in [6.45, 7) is 1.77. The Labute approximate surface area is 177 Å². The molecule has 0 aliphatic carbocycles. The average Bonchev–Trinajstić information content (AvgIpc) is 2.69. The van der Waals surface area contributed by atoms with Crippen LogP contribution in [-0.4, -0.2) is 18.9 Å². The van der Waals surface area contributed by atoms with E-state index >= 15 is 0 Å². The Bertz CT molecular complexity index is 1120. The van der Waals surface area contributed by atoms with E-state index in [1.807, 2.05) is 0 Å². The molecule has 0 aliphatic rings. The van der Waals surface area contributed by atoms with E-state index in [2.05, 4.69) is 5.32 Å². The van der Waals surface area contributed by atoms with Crippen LogP contribution in [0.1, 0.15) is 31.8 Å². The molecule has 148 valence electrons. The maximum atomic E-state index is 14.0. The molecule has 0 aromatic heterocycles. The van der Waals surface area contributed by atoms with E-state index in [4.69, 9.17) is 27.9 Å². The lowest BCUT2D eigenvalue weighted by atomic mass is 9.96. The summed E-state index contributed by atoms with van der Waals surface area (Å²) in [5, 5.41) is 3.38. The SMILES string of the molecule is COC(=O)c1ccc(C)c(C(=O)c2ccc(Nc3ccc(Cl)cc3F)cc2Cl)c1. The number of halogens is 3. The summed E-state index contributed by atoms with van der Waals surface area (Å²) < 4.78 is 18.7. The van der Waals surface area contributed by atoms with Crippen LogP contribution in [-0.2, 0) is 4.74 Å². The van der Waals surface area contributed by atoms with Gasteiger partial charge in [0.25, 0.3) is 0 Å². The first kappa shape index (κ1) is 20.8. The predicted molar refractivity (Wildman–Crippen MR) is 112 cm³/mol. The fourth-order valence-electron chi connectivity index (χ4n) is 2.78. The number of aryl methyl sites for hydroxylation is 1. The number of hydrogen-bond acceptors (Lipinski definition) is 4. The molecule has 0 spiro atoms. The van der Waals surface area contributed by atoms with Crippen molar-refractivity contribution in [3.05, 3.63) is 92.7 Å². The van der Waals surface area contributed by atoms with E-state index < -0.39 is 11.8 Å². The standard InChI is InChI=1S/C22H16Cl2FNO3/c1-12-3-4-13(22(28)29-2)9-17(12)21(27)16-7-6-15(11-18(16)24)26-20-8-5-14(23)10-19(20)25/h3-11,26H,1-2H3. The van der Waals surface area contributed by atoms with E-state index in [0.29, 0.717) is 16.8 Å². The Hall–Kier alpha value is -2.89. The first-order valence-electron chi connectivity index (χ1n) is 8.55. The number of carbonyl (C=O) groups excluding carboxylic acids is 2. The lowest BCUT2D eigenvalue weighted by Gasteiger charge is -2.12. The lowest BCUT2D eigenvalue weighted by Crippen LogP contribution is -2.08. The van der Waals surface area contributed by atoms with Crippen LogP contribution < -0.4 is 5.32 Å². The number of ketones is 1. The summed E-state index contributed by atoms with van der Waals surface area (Å²) >= 11 is 12.1. The average molecular weight is 432 g/mol. The van der Waals surface area contributed by atoms with Crippen molar-refractivity contribution in [2.75, 3.05) is 12.4 Å². The third-order valence-electron chi connectivity index (χ3n) is 4.33. The summed E-state index contributed by atoms with van der Waals surface area (Å²) in [6.07, 6.45) is 0. The second kappa shape index (κ2) is 8.64. The molecule has 0 saturated carbocycles. The number of methoxy groups -OCH3 is 1. The molecule has 7 heteroatoms. The maximum Gasteiger partial charge on any atom is 0.337 e. The third kappa shape index (κ3) is 4.58. The quantitative estimate of drug-likeness (QED) is 0.385. The molecule has 1 N–H and O–H groups in total. The van der Waals surface area contributed by atoms with Gasteiger partial charge in [0.05, 0.1) is 23.4 Å². The Morgan fingerprint density at radius 3 is 2.38 bits per heavy atom. The van der Waals surface area contributed by atoms with Gasteiger partial charge in [-0.05, 0) is 61.0 Å². The summed E-state index contributed by atoms with van der Waals surface area (Å²) in [5.41, 5.74) is 2.32. The lowest BCUT2D eigenvalue weighted by molar-refractivity contribution is 0.0600. The van der Waals surface area contributed by atoms with Gasteiger partial charge in [0.15, 0.2) is 5.78 Å². The van der Waals surface area contributed by atoms with Gasteiger partial charge in [0.1, 0.15) is 5.82 Å². The number of anilines is 2. The zero-order valence-electron chi connectivity index (χ0n) is 15.6. The van der Waals surface area contributed by atoms with Crippen molar-refractivity contribution >= 4 is 46.3 Å². The van der Waals surface area contributed by atoms with Crippen molar-refractivity contribution in [2.24, 2.45) is 0 Å². The van der Waals surface area contributed by atoms with Crippen molar-refractivity contribution in [3.8, 4) is 0 Å². The number of carbonyl (C=O) groups is 2. The Kier molecular flexibility index (Phi) is 6.20. The summed E-state index contributed by atoms with van der Waals surface area (Å²) in [6, 6.07) is 13.7. The van der Waals surface area contributed by atoms with Gasteiger partial charge in [-0.1, -0.05) is 29.3 Å². The molecule has 0 saturated heterocycles. The van der Waals surface area contributed by atoms with E-state index in [1.165, 1.54) is 31.4 Å². The number of nitrogens with one attached hydrogen (secondary N) is 1. The number of rotatable bonds is 5. The van der Waals surface area contributed by atoms with E-state index in [0.717, 1.165) is 0 Å². The zero-order valence-corrected chi connectivity index (χ0v) is 17.1. The number of hydrogen-bond donors (Lipinski definition) is 1. The molecule has 0 heterocycles. The van der Waals surface area contributed by atoms with Gasteiger partial charge in [-0.3, -0.25) is 4.79 Å². The van der Waals surface area contributed by atoms with Crippen molar-refractivity contribution in [1.82, 2.24) is 0 Å². The van der Waals surface area contributed by atoms with Crippen LogP contribution in [0.4, 0.5) is 15.8 Å². The van der Waals surface area contributed by atoms with Gasteiger partial charge in [-0.25, -0.2) is 9.18 Å². The van der Waals surface area contributed by atoms with Gasteiger partial charge >= 0.3 is 5.97 Å². The van der Waals surface area contributed by atoms with Crippen molar-refractivity contribution in [3.63, 3.8) is 0 Å². The van der Waals surface area contributed by atoms with Crippen LogP contribution in [0.2, 0.25) is 10.0 Å². The first-order chi connectivity index (χ1) is 13.8. The monoisotopic (exact) mass is 431 g/mol. The molecular formula is C22H16Cl2FNO3. The molecule has 3 rings (SSSR count). The maximum absolute atomic E-state index is 14.0. The minimum atomic E-state index is -0.533. The minimum Gasteiger partial charge on any atom is -0.465 e. The molecule has 0 fully saturated rings. The highest BCUT2D eigenvalue weighted by molar-refractivity contribution is 6.35. The van der Waals surface area contributed by atoms with Crippen LogP contribution in [0.3, 0.4) is 0 Å². The predicted octanol–water partition coefficient (Wildman–Crippen LogP) is 6.20. The molecule has 0 bridgehead atoms. The molecule has 3 aromatic carbocycles. The van der Waals surface area contributed by atoms with Crippen LogP contribution in [0, 0.1) is 12.7 Å². The summed E-state index contributed by atoms with van der Waals surface area (Å²) in [7, 11) is 1.27. The van der Waals surface area contributed by atoms with Gasteiger partial charge in [-0.2, -0.15) is 0 Å². The van der Waals surface area contributed by atoms with Gasteiger partial charge in [0.2, 0.25) is 0 Å². The normalized spacial score (nSPS) is 10.5. The number of ether oxygens (including phenoxy) is 1. The highest BCUT2D eigenvalue weighted by Crippen LogP contribution is 2.28. The highest BCUT2D eigenvalue weighted by atomic mass is 35.5. The molecule has 0 atom stereocenters. The van der Waals surface area contributed by atoms with Crippen molar-refractivity contribution in [2.45, 2.75) is 6.92 Å². The fourth-order valence-corrected chi connectivity index (χ4v) is 3.21. The fraction of sp³-hybridized carbons (Fsp3) is 0.0909. The Balaban J connectivity index is 1.90. The molecule has 29 heavy (non-hydrogen) atoms. The van der Waals surface area contributed by atoms with Crippen molar-refractivity contribution < 1.29 is 18.7 Å². The van der Waals surface area contributed by atoms with Crippen LogP contribution >= 0.6 is 23.2 Å². The molecule has 4 nitrogen and oxygen atoms in total. The Morgan fingerprint density at radius 1 is 0.966 bits per heavy atom. The molecule has 0 radical (unpaired) electrons. The highest BCUT2D eigenvalue weighted by Gasteiger charge is 2.18.